The van der Waals surface area contributed by atoms with E-state index < -0.39 is 5.97 Å². The molecule has 4 rings (SSSR count). The fourth-order valence-corrected chi connectivity index (χ4v) is 3.51. The number of phenols is 1. The van der Waals surface area contributed by atoms with E-state index in [1.165, 1.54) is 20.3 Å². The standard InChI is InChI=1S/C26H23N3O4/c1-15-5-11-20(16(2)13-15)24-27-23(17-6-8-18(9-7-17)26(31)33-4)28-25(29-24)21-12-10-19(32-3)14-22(21)30/h5-14,30H,1-4H3. The zero-order valence-corrected chi connectivity index (χ0v) is 18.8. The number of aromatic hydroxyl groups is 1. The maximum atomic E-state index is 11.8. The Balaban J connectivity index is 1.89. The molecule has 0 amide bonds. The topological polar surface area (TPSA) is 94.4 Å². The lowest BCUT2D eigenvalue weighted by Crippen LogP contribution is -2.03. The van der Waals surface area contributed by atoms with Crippen molar-refractivity contribution in [2.75, 3.05) is 14.2 Å². The quantitative estimate of drug-likeness (QED) is 0.436. The second kappa shape index (κ2) is 9.08. The lowest BCUT2D eigenvalue weighted by Gasteiger charge is -2.12. The number of benzene rings is 3. The van der Waals surface area contributed by atoms with Crippen LogP contribution < -0.4 is 4.74 Å². The predicted molar refractivity (Wildman–Crippen MR) is 125 cm³/mol. The number of phenolic OH excluding ortho intramolecular Hbond substituents is 1. The molecular weight excluding hydrogens is 418 g/mol. The molecule has 1 aromatic heterocycles. The van der Waals surface area contributed by atoms with Crippen molar-refractivity contribution in [3.05, 3.63) is 77.4 Å². The fourth-order valence-electron chi connectivity index (χ4n) is 3.51. The third-order valence-corrected chi connectivity index (χ3v) is 5.27. The van der Waals surface area contributed by atoms with Gasteiger partial charge in [0.2, 0.25) is 0 Å². The van der Waals surface area contributed by atoms with Crippen LogP contribution in [0.1, 0.15) is 21.5 Å². The number of esters is 1. The Morgan fingerprint density at radius 3 is 2.03 bits per heavy atom. The number of nitrogens with zero attached hydrogens (tertiary/aromatic N) is 3. The zero-order chi connectivity index (χ0) is 23.5. The van der Waals surface area contributed by atoms with Crippen molar-refractivity contribution < 1.29 is 19.4 Å². The highest BCUT2D eigenvalue weighted by Gasteiger charge is 2.16. The maximum Gasteiger partial charge on any atom is 0.337 e. The normalized spacial score (nSPS) is 10.7. The second-order valence-corrected chi connectivity index (χ2v) is 7.58. The van der Waals surface area contributed by atoms with Crippen LogP contribution >= 0.6 is 0 Å². The zero-order valence-electron chi connectivity index (χ0n) is 18.8. The van der Waals surface area contributed by atoms with Gasteiger partial charge in [-0.05, 0) is 43.7 Å². The number of hydrogen-bond donors (Lipinski definition) is 1. The summed E-state index contributed by atoms with van der Waals surface area (Å²) in [5.74, 6) is 1.34. The summed E-state index contributed by atoms with van der Waals surface area (Å²) in [5, 5.41) is 10.6. The summed E-state index contributed by atoms with van der Waals surface area (Å²) in [5.41, 5.74) is 4.61. The molecule has 0 radical (unpaired) electrons. The van der Waals surface area contributed by atoms with Crippen LogP contribution in [0.5, 0.6) is 11.5 Å². The Labute approximate surface area is 191 Å². The summed E-state index contributed by atoms with van der Waals surface area (Å²) in [6.07, 6.45) is 0. The van der Waals surface area contributed by atoms with Gasteiger partial charge in [-0.1, -0.05) is 35.9 Å². The van der Waals surface area contributed by atoms with Crippen LogP contribution in [0, 0.1) is 13.8 Å². The van der Waals surface area contributed by atoms with Gasteiger partial charge >= 0.3 is 5.97 Å². The minimum atomic E-state index is -0.419. The first-order valence-electron chi connectivity index (χ1n) is 10.3. The molecule has 0 saturated heterocycles. The monoisotopic (exact) mass is 441 g/mol. The van der Waals surface area contributed by atoms with E-state index in [4.69, 9.17) is 14.5 Å². The number of carbonyl (C=O) groups is 1. The van der Waals surface area contributed by atoms with Gasteiger partial charge in [0.1, 0.15) is 11.5 Å². The number of rotatable bonds is 5. The van der Waals surface area contributed by atoms with Crippen LogP contribution in [-0.2, 0) is 4.74 Å². The molecule has 0 aliphatic heterocycles. The van der Waals surface area contributed by atoms with Crippen molar-refractivity contribution in [3.8, 4) is 45.7 Å². The maximum absolute atomic E-state index is 11.8. The van der Waals surface area contributed by atoms with Crippen molar-refractivity contribution in [2.24, 2.45) is 0 Å². The molecule has 0 atom stereocenters. The van der Waals surface area contributed by atoms with Crippen LogP contribution in [0.15, 0.2) is 60.7 Å². The first-order chi connectivity index (χ1) is 15.9. The molecule has 1 heterocycles. The van der Waals surface area contributed by atoms with E-state index in [-0.39, 0.29) is 5.75 Å². The van der Waals surface area contributed by atoms with E-state index in [2.05, 4.69) is 16.0 Å². The number of aromatic nitrogens is 3. The molecule has 0 saturated carbocycles. The molecule has 1 N–H and O–H groups in total. The van der Waals surface area contributed by atoms with Gasteiger partial charge in [-0.25, -0.2) is 19.7 Å². The molecule has 0 unspecified atom stereocenters. The van der Waals surface area contributed by atoms with E-state index >= 15 is 0 Å². The molecule has 0 aliphatic rings. The van der Waals surface area contributed by atoms with E-state index in [9.17, 15) is 9.90 Å². The largest absolute Gasteiger partial charge is 0.507 e. The van der Waals surface area contributed by atoms with Gasteiger partial charge in [-0.3, -0.25) is 0 Å². The predicted octanol–water partition coefficient (Wildman–Crippen LogP) is 4.99. The van der Waals surface area contributed by atoms with E-state index in [0.717, 1.165) is 16.7 Å². The van der Waals surface area contributed by atoms with Crippen molar-refractivity contribution >= 4 is 5.97 Å². The third-order valence-electron chi connectivity index (χ3n) is 5.27. The Morgan fingerprint density at radius 2 is 1.42 bits per heavy atom. The number of carbonyl (C=O) groups excluding carboxylic acids is 1. The van der Waals surface area contributed by atoms with Crippen molar-refractivity contribution in [1.29, 1.82) is 0 Å². The Hall–Kier alpha value is -4.26. The number of hydrogen-bond acceptors (Lipinski definition) is 7. The van der Waals surface area contributed by atoms with Gasteiger partial charge in [0, 0.05) is 17.2 Å². The Bertz CT molecular complexity index is 1330. The lowest BCUT2D eigenvalue weighted by molar-refractivity contribution is 0.0600. The molecule has 7 nitrogen and oxygen atoms in total. The van der Waals surface area contributed by atoms with Crippen LogP contribution in [-0.4, -0.2) is 40.2 Å². The molecule has 0 bridgehead atoms. The molecule has 33 heavy (non-hydrogen) atoms. The summed E-state index contributed by atoms with van der Waals surface area (Å²) in [6, 6.07) is 17.8. The molecule has 3 aromatic carbocycles. The number of methoxy groups -OCH3 is 2. The van der Waals surface area contributed by atoms with Gasteiger partial charge in [0.05, 0.1) is 25.3 Å². The smallest absolute Gasteiger partial charge is 0.337 e. The van der Waals surface area contributed by atoms with E-state index in [0.29, 0.717) is 39.9 Å². The van der Waals surface area contributed by atoms with Crippen molar-refractivity contribution in [3.63, 3.8) is 0 Å². The number of aryl methyl sites for hydroxylation is 2. The lowest BCUT2D eigenvalue weighted by atomic mass is 10.0. The summed E-state index contributed by atoms with van der Waals surface area (Å²) < 4.78 is 9.96. The van der Waals surface area contributed by atoms with Crippen LogP contribution in [0.25, 0.3) is 34.2 Å². The molecule has 0 fully saturated rings. The van der Waals surface area contributed by atoms with Gasteiger partial charge in [0.15, 0.2) is 17.5 Å². The van der Waals surface area contributed by atoms with Crippen molar-refractivity contribution in [1.82, 2.24) is 15.0 Å². The number of ether oxygens (including phenoxy) is 2. The SMILES string of the molecule is COC(=O)c1ccc(-c2nc(-c3ccc(C)cc3C)nc(-c3ccc(OC)cc3O)n2)cc1. The highest BCUT2D eigenvalue weighted by Crippen LogP contribution is 2.33. The fraction of sp³-hybridized carbons (Fsp3) is 0.154. The minimum Gasteiger partial charge on any atom is -0.507 e. The summed E-state index contributed by atoms with van der Waals surface area (Å²) in [7, 11) is 2.87. The molecular formula is C26H23N3O4. The Kier molecular flexibility index (Phi) is 6.04. The van der Waals surface area contributed by atoms with E-state index in [1.807, 2.05) is 26.0 Å². The first kappa shape index (κ1) is 22.0. The second-order valence-electron chi connectivity index (χ2n) is 7.58. The average molecular weight is 441 g/mol. The molecule has 4 aromatic rings. The van der Waals surface area contributed by atoms with Gasteiger partial charge in [-0.15, -0.1) is 0 Å². The molecule has 166 valence electrons. The average Bonchev–Trinajstić information content (AvgIpc) is 2.83. The molecule has 0 spiro atoms. The van der Waals surface area contributed by atoms with Crippen LogP contribution in [0.3, 0.4) is 0 Å². The Morgan fingerprint density at radius 1 is 0.788 bits per heavy atom. The van der Waals surface area contributed by atoms with Gasteiger partial charge in [-0.2, -0.15) is 0 Å². The summed E-state index contributed by atoms with van der Waals surface area (Å²) in [4.78, 5) is 25.8. The highest BCUT2D eigenvalue weighted by atomic mass is 16.5. The molecule has 7 heteroatoms. The van der Waals surface area contributed by atoms with Gasteiger partial charge in [0.25, 0.3) is 0 Å². The van der Waals surface area contributed by atoms with Gasteiger partial charge < -0.3 is 14.6 Å². The summed E-state index contributed by atoms with van der Waals surface area (Å²) in [6.45, 7) is 4.03. The third kappa shape index (κ3) is 4.52. The van der Waals surface area contributed by atoms with Crippen LogP contribution in [0.4, 0.5) is 0 Å². The van der Waals surface area contributed by atoms with Crippen LogP contribution in [0.2, 0.25) is 0 Å². The summed E-state index contributed by atoms with van der Waals surface area (Å²) >= 11 is 0. The van der Waals surface area contributed by atoms with E-state index in [1.54, 1.807) is 36.4 Å². The first-order valence-corrected chi connectivity index (χ1v) is 10.3. The molecule has 0 aliphatic carbocycles. The van der Waals surface area contributed by atoms with Crippen molar-refractivity contribution in [2.45, 2.75) is 13.8 Å². The highest BCUT2D eigenvalue weighted by molar-refractivity contribution is 5.89. The minimum absolute atomic E-state index is 0.000817.